The second-order valence-electron chi connectivity index (χ2n) is 3.44. The van der Waals surface area contributed by atoms with Crippen molar-refractivity contribution in [3.8, 4) is 0 Å². The van der Waals surface area contributed by atoms with Gasteiger partial charge in [-0.2, -0.15) is 0 Å². The fraction of sp³-hybridized carbons (Fsp3) is 0.0769. The van der Waals surface area contributed by atoms with E-state index in [1.54, 1.807) is 12.4 Å². The predicted octanol–water partition coefficient (Wildman–Crippen LogP) is 1.82. The molecule has 0 aliphatic heterocycles. The van der Waals surface area contributed by atoms with Crippen LogP contribution in [0.25, 0.3) is 0 Å². The molecule has 19 heavy (non-hydrogen) atoms. The van der Waals surface area contributed by atoms with E-state index in [1.807, 2.05) is 18.2 Å². The van der Waals surface area contributed by atoms with Crippen LogP contribution in [0.1, 0.15) is 17.3 Å². The van der Waals surface area contributed by atoms with Crippen LogP contribution in [0, 0.1) is 0 Å². The molecule has 0 unspecified atom stereocenters. The first-order valence-corrected chi connectivity index (χ1v) is 5.41. The van der Waals surface area contributed by atoms with E-state index >= 15 is 0 Å². The first kappa shape index (κ1) is 14.3. The van der Waals surface area contributed by atoms with Crippen LogP contribution in [0.2, 0.25) is 0 Å². The van der Waals surface area contributed by atoms with Crippen molar-refractivity contribution >= 4 is 17.7 Å². The third-order valence-electron chi connectivity index (χ3n) is 1.88. The molecular weight excluding hydrogens is 246 g/mol. The maximum Gasteiger partial charge on any atom is 0.337 e. The van der Waals surface area contributed by atoms with E-state index in [2.05, 4.69) is 15.3 Å². The van der Waals surface area contributed by atoms with E-state index < -0.39 is 5.97 Å². The molecule has 2 aromatic heterocycles. The maximum absolute atomic E-state index is 10.6. The van der Waals surface area contributed by atoms with Crippen LogP contribution >= 0.6 is 0 Å². The number of pyridine rings is 2. The molecule has 0 saturated heterocycles. The summed E-state index contributed by atoms with van der Waals surface area (Å²) in [6, 6.07) is 8.53. The lowest BCUT2D eigenvalue weighted by molar-refractivity contribution is -0.114. The zero-order chi connectivity index (χ0) is 14.1. The van der Waals surface area contributed by atoms with Gasteiger partial charge in [-0.3, -0.25) is 9.78 Å². The molecule has 0 saturated carbocycles. The van der Waals surface area contributed by atoms with Gasteiger partial charge in [0.25, 0.3) is 0 Å². The second-order valence-corrected chi connectivity index (χ2v) is 3.44. The topological polar surface area (TPSA) is 92.2 Å². The quantitative estimate of drug-likeness (QED) is 0.858. The minimum atomic E-state index is -1.04. The van der Waals surface area contributed by atoms with Crippen LogP contribution in [-0.2, 0) is 4.79 Å². The highest BCUT2D eigenvalue weighted by molar-refractivity contribution is 5.89. The highest BCUT2D eigenvalue weighted by Crippen LogP contribution is 2.04. The van der Waals surface area contributed by atoms with E-state index in [0.29, 0.717) is 5.82 Å². The molecule has 0 aliphatic rings. The molecule has 0 spiro atoms. The van der Waals surface area contributed by atoms with Gasteiger partial charge in [0, 0.05) is 25.5 Å². The monoisotopic (exact) mass is 259 g/mol. The SMILES string of the molecule is CC(=O)Nc1ccc(C(=O)O)cn1.c1ccncc1. The van der Waals surface area contributed by atoms with E-state index in [1.165, 1.54) is 25.3 Å². The summed E-state index contributed by atoms with van der Waals surface area (Å²) in [5, 5.41) is 11.0. The molecular formula is C13H13N3O3. The fourth-order valence-corrected chi connectivity index (χ4v) is 1.09. The largest absolute Gasteiger partial charge is 0.478 e. The predicted molar refractivity (Wildman–Crippen MR) is 69.7 cm³/mol. The van der Waals surface area contributed by atoms with Crippen molar-refractivity contribution in [3.63, 3.8) is 0 Å². The molecule has 0 bridgehead atoms. The number of nitrogens with one attached hydrogen (secondary N) is 1. The number of carbonyl (C=O) groups is 2. The van der Waals surface area contributed by atoms with E-state index in [0.717, 1.165) is 0 Å². The van der Waals surface area contributed by atoms with Crippen molar-refractivity contribution in [2.75, 3.05) is 5.32 Å². The van der Waals surface area contributed by atoms with Gasteiger partial charge in [0.2, 0.25) is 5.91 Å². The minimum absolute atomic E-state index is 0.0918. The number of hydrogen-bond acceptors (Lipinski definition) is 4. The van der Waals surface area contributed by atoms with Gasteiger partial charge in [-0.05, 0) is 24.3 Å². The minimum Gasteiger partial charge on any atom is -0.478 e. The molecule has 0 aliphatic carbocycles. The van der Waals surface area contributed by atoms with Crippen molar-refractivity contribution in [2.24, 2.45) is 0 Å². The van der Waals surface area contributed by atoms with Gasteiger partial charge < -0.3 is 10.4 Å². The molecule has 6 nitrogen and oxygen atoms in total. The Morgan fingerprint density at radius 2 is 1.84 bits per heavy atom. The number of aromatic nitrogens is 2. The third-order valence-corrected chi connectivity index (χ3v) is 1.88. The first-order chi connectivity index (χ1) is 9.09. The Balaban J connectivity index is 0.000000250. The average molecular weight is 259 g/mol. The third kappa shape index (κ3) is 5.92. The van der Waals surface area contributed by atoms with Crippen LogP contribution in [0.5, 0.6) is 0 Å². The summed E-state index contributed by atoms with van der Waals surface area (Å²) in [5.74, 6) is -0.935. The Morgan fingerprint density at radius 1 is 1.16 bits per heavy atom. The zero-order valence-electron chi connectivity index (χ0n) is 10.3. The number of amides is 1. The number of carboxylic acids is 1. The van der Waals surface area contributed by atoms with Gasteiger partial charge in [-0.25, -0.2) is 9.78 Å². The number of carboxylic acid groups (broad SMARTS) is 1. The smallest absolute Gasteiger partial charge is 0.337 e. The van der Waals surface area contributed by atoms with Gasteiger partial charge in [-0.15, -0.1) is 0 Å². The molecule has 0 fully saturated rings. The summed E-state index contributed by atoms with van der Waals surface area (Å²) in [4.78, 5) is 28.5. The number of rotatable bonds is 2. The molecule has 6 heteroatoms. The number of nitrogens with zero attached hydrogens (tertiary/aromatic N) is 2. The lowest BCUT2D eigenvalue weighted by atomic mass is 10.3. The molecule has 0 radical (unpaired) electrons. The zero-order valence-corrected chi connectivity index (χ0v) is 10.3. The highest BCUT2D eigenvalue weighted by Gasteiger charge is 2.02. The highest BCUT2D eigenvalue weighted by atomic mass is 16.4. The molecule has 0 aromatic carbocycles. The van der Waals surface area contributed by atoms with Crippen LogP contribution in [0.15, 0.2) is 48.9 Å². The standard InChI is InChI=1S/C8H8N2O3.C5H5N/c1-5(11)10-7-3-2-6(4-9-7)8(12)13;1-2-4-6-5-3-1/h2-4H,1H3,(H,12,13)(H,9,10,11);1-5H. The Bertz CT molecular complexity index is 500. The van der Waals surface area contributed by atoms with E-state index in [-0.39, 0.29) is 11.5 Å². The van der Waals surface area contributed by atoms with Crippen LogP contribution in [0.3, 0.4) is 0 Å². The number of hydrogen-bond donors (Lipinski definition) is 2. The normalized spacial score (nSPS) is 8.89. The summed E-state index contributed by atoms with van der Waals surface area (Å²) >= 11 is 0. The lowest BCUT2D eigenvalue weighted by Crippen LogP contribution is -2.07. The van der Waals surface area contributed by atoms with Crippen molar-refractivity contribution in [2.45, 2.75) is 6.92 Å². The van der Waals surface area contributed by atoms with Gasteiger partial charge in [0.15, 0.2) is 0 Å². The average Bonchev–Trinajstić information content (AvgIpc) is 2.41. The van der Waals surface area contributed by atoms with Gasteiger partial charge >= 0.3 is 5.97 Å². The molecule has 98 valence electrons. The van der Waals surface area contributed by atoms with Gasteiger partial charge in [-0.1, -0.05) is 6.07 Å². The van der Waals surface area contributed by atoms with Crippen LogP contribution < -0.4 is 5.32 Å². The Morgan fingerprint density at radius 3 is 2.16 bits per heavy atom. The van der Waals surface area contributed by atoms with Gasteiger partial charge in [0.1, 0.15) is 5.82 Å². The Kier molecular flexibility index (Phi) is 5.68. The van der Waals surface area contributed by atoms with E-state index in [9.17, 15) is 9.59 Å². The van der Waals surface area contributed by atoms with Crippen LogP contribution in [0.4, 0.5) is 5.82 Å². The summed E-state index contributed by atoms with van der Waals surface area (Å²) in [6.45, 7) is 1.35. The Hall–Kier alpha value is -2.76. The lowest BCUT2D eigenvalue weighted by Gasteiger charge is -1.99. The number of anilines is 1. The first-order valence-electron chi connectivity index (χ1n) is 5.41. The molecule has 2 aromatic rings. The number of aromatic carboxylic acids is 1. The maximum atomic E-state index is 10.6. The Labute approximate surface area is 110 Å². The summed E-state index contributed by atoms with van der Waals surface area (Å²) < 4.78 is 0. The molecule has 2 rings (SSSR count). The fourth-order valence-electron chi connectivity index (χ4n) is 1.09. The van der Waals surface area contributed by atoms with Gasteiger partial charge in [0.05, 0.1) is 5.56 Å². The molecule has 1 amide bonds. The molecule has 0 atom stereocenters. The number of carbonyl (C=O) groups excluding carboxylic acids is 1. The summed E-state index contributed by atoms with van der Waals surface area (Å²) in [5.41, 5.74) is 0.0918. The van der Waals surface area contributed by atoms with E-state index in [4.69, 9.17) is 5.11 Å². The van der Waals surface area contributed by atoms with Crippen LogP contribution in [-0.4, -0.2) is 27.0 Å². The second kappa shape index (κ2) is 7.54. The van der Waals surface area contributed by atoms with Crippen molar-refractivity contribution in [1.29, 1.82) is 0 Å². The molecule has 2 heterocycles. The van der Waals surface area contributed by atoms with Crippen molar-refractivity contribution in [1.82, 2.24) is 9.97 Å². The molecule has 2 N–H and O–H groups in total. The van der Waals surface area contributed by atoms with Crippen molar-refractivity contribution in [3.05, 3.63) is 54.5 Å². The van der Waals surface area contributed by atoms with Crippen molar-refractivity contribution < 1.29 is 14.7 Å². The summed E-state index contributed by atoms with van der Waals surface area (Å²) in [7, 11) is 0. The summed E-state index contributed by atoms with van der Waals surface area (Å²) in [6.07, 6.45) is 4.69.